The Bertz CT molecular complexity index is 292. The van der Waals surface area contributed by atoms with E-state index in [1.165, 1.54) is 0 Å². The van der Waals surface area contributed by atoms with Crippen LogP contribution in [0, 0.1) is 11.6 Å². The smallest absolute Gasteiger partial charge is 0.387 e. The predicted molar refractivity (Wildman–Crippen MR) is 38.0 cm³/mol. The molecule has 0 saturated carbocycles. The topological polar surface area (TPSA) is 9.23 Å². The number of hydrogen-bond acceptors (Lipinski definition) is 1. The summed E-state index contributed by atoms with van der Waals surface area (Å²) < 4.78 is 52.2. The molecule has 1 aromatic rings. The first-order chi connectivity index (χ1) is 6.00. The average molecular weight is 215 g/mol. The fourth-order valence-electron chi connectivity index (χ4n) is 0.731. The van der Waals surface area contributed by atoms with E-state index in [-0.39, 0.29) is 5.02 Å². The molecule has 0 radical (unpaired) electrons. The van der Waals surface area contributed by atoms with Crippen LogP contribution in [0.15, 0.2) is 12.1 Å². The molecule has 0 saturated heterocycles. The van der Waals surface area contributed by atoms with Gasteiger partial charge in [-0.3, -0.25) is 0 Å². The molecule has 1 nitrogen and oxygen atoms in total. The maximum Gasteiger partial charge on any atom is 0.387 e. The quantitative estimate of drug-likeness (QED) is 0.687. The van der Waals surface area contributed by atoms with Crippen LogP contribution in [0.3, 0.4) is 0 Å². The number of alkyl halides is 2. The molecule has 0 N–H and O–H groups in total. The maximum atomic E-state index is 12.7. The number of hydrogen-bond donors (Lipinski definition) is 0. The molecule has 0 heterocycles. The van der Waals surface area contributed by atoms with Crippen LogP contribution in [-0.4, -0.2) is 6.61 Å². The molecule has 13 heavy (non-hydrogen) atoms. The Kier molecular flexibility index (Phi) is 2.98. The van der Waals surface area contributed by atoms with Crippen molar-refractivity contribution in [2.45, 2.75) is 6.61 Å². The van der Waals surface area contributed by atoms with Crippen LogP contribution >= 0.6 is 11.6 Å². The van der Waals surface area contributed by atoms with E-state index in [4.69, 9.17) is 11.6 Å². The van der Waals surface area contributed by atoms with Gasteiger partial charge in [0.05, 0.1) is 0 Å². The number of ether oxygens (including phenoxy) is 1. The molecular formula is C7H3ClF4O. The molecule has 0 bridgehead atoms. The third-order valence-electron chi connectivity index (χ3n) is 1.17. The van der Waals surface area contributed by atoms with Gasteiger partial charge in [-0.25, -0.2) is 8.78 Å². The molecule has 0 fully saturated rings. The van der Waals surface area contributed by atoms with Crippen molar-refractivity contribution in [2.24, 2.45) is 0 Å². The lowest BCUT2D eigenvalue weighted by Gasteiger charge is -2.06. The predicted octanol–water partition coefficient (Wildman–Crippen LogP) is 3.22. The van der Waals surface area contributed by atoms with Gasteiger partial charge in [-0.2, -0.15) is 8.78 Å². The van der Waals surface area contributed by atoms with Gasteiger partial charge in [-0.15, -0.1) is 0 Å². The van der Waals surface area contributed by atoms with E-state index in [0.29, 0.717) is 12.1 Å². The fraction of sp³-hybridized carbons (Fsp3) is 0.143. The summed E-state index contributed by atoms with van der Waals surface area (Å²) in [6.07, 6.45) is 0. The summed E-state index contributed by atoms with van der Waals surface area (Å²) in [4.78, 5) is 0. The minimum Gasteiger partial charge on any atom is -0.429 e. The summed E-state index contributed by atoms with van der Waals surface area (Å²) in [5, 5.41) is -0.225. The van der Waals surface area contributed by atoms with Crippen molar-refractivity contribution in [1.29, 1.82) is 0 Å². The Morgan fingerprint density at radius 2 is 1.62 bits per heavy atom. The van der Waals surface area contributed by atoms with Crippen molar-refractivity contribution in [3.8, 4) is 5.75 Å². The lowest BCUT2D eigenvalue weighted by molar-refractivity contribution is -0.0546. The van der Waals surface area contributed by atoms with E-state index in [1.54, 1.807) is 0 Å². The van der Waals surface area contributed by atoms with Crippen LogP contribution in [0.1, 0.15) is 0 Å². The third kappa shape index (κ3) is 2.48. The maximum absolute atomic E-state index is 12.7. The molecule has 0 amide bonds. The van der Waals surface area contributed by atoms with Crippen molar-refractivity contribution in [2.75, 3.05) is 0 Å². The van der Waals surface area contributed by atoms with E-state index in [9.17, 15) is 17.6 Å². The molecule has 0 aromatic heterocycles. The zero-order valence-electron chi connectivity index (χ0n) is 6.03. The highest BCUT2D eigenvalue weighted by Gasteiger charge is 2.15. The molecule has 1 aromatic carbocycles. The summed E-state index contributed by atoms with van der Waals surface area (Å²) in [6, 6.07) is 1.37. The van der Waals surface area contributed by atoms with Crippen LogP contribution in [0.25, 0.3) is 0 Å². The zero-order valence-corrected chi connectivity index (χ0v) is 6.79. The minimum atomic E-state index is -3.27. The van der Waals surface area contributed by atoms with E-state index >= 15 is 0 Å². The van der Waals surface area contributed by atoms with Gasteiger partial charge in [0.2, 0.25) is 0 Å². The second-order valence-corrected chi connectivity index (χ2v) is 2.51. The van der Waals surface area contributed by atoms with Crippen molar-refractivity contribution in [3.63, 3.8) is 0 Å². The Morgan fingerprint density at radius 1 is 1.15 bits per heavy atom. The fourth-order valence-corrected chi connectivity index (χ4v) is 0.922. The minimum absolute atomic E-state index is 0.225. The van der Waals surface area contributed by atoms with Crippen molar-refractivity contribution in [1.82, 2.24) is 0 Å². The van der Waals surface area contributed by atoms with Gasteiger partial charge >= 0.3 is 6.61 Å². The van der Waals surface area contributed by atoms with Crippen LogP contribution in [-0.2, 0) is 0 Å². The van der Waals surface area contributed by atoms with Crippen molar-refractivity contribution >= 4 is 11.6 Å². The molecule has 0 aliphatic rings. The summed E-state index contributed by atoms with van der Waals surface area (Å²) in [7, 11) is 0. The van der Waals surface area contributed by atoms with Gasteiger partial charge < -0.3 is 4.74 Å². The normalized spacial score (nSPS) is 10.6. The lowest BCUT2D eigenvalue weighted by Crippen LogP contribution is -2.05. The zero-order chi connectivity index (χ0) is 10.0. The number of rotatable bonds is 2. The second-order valence-electron chi connectivity index (χ2n) is 2.08. The number of halogens is 5. The van der Waals surface area contributed by atoms with Crippen LogP contribution < -0.4 is 4.74 Å². The average Bonchev–Trinajstić information content (AvgIpc) is 1.96. The first-order valence-electron chi connectivity index (χ1n) is 3.10. The molecule has 72 valence electrons. The molecular weight excluding hydrogens is 212 g/mol. The SMILES string of the molecule is Fc1cc(Cl)cc(F)c1OC(F)F. The molecule has 1 rings (SSSR count). The Labute approximate surface area is 75.9 Å². The van der Waals surface area contributed by atoms with Gasteiger partial charge in [0, 0.05) is 5.02 Å². The van der Waals surface area contributed by atoms with E-state index < -0.39 is 24.0 Å². The van der Waals surface area contributed by atoms with E-state index in [0.717, 1.165) is 0 Å². The van der Waals surface area contributed by atoms with Gasteiger partial charge in [0.15, 0.2) is 17.4 Å². The van der Waals surface area contributed by atoms with E-state index in [1.807, 2.05) is 0 Å². The van der Waals surface area contributed by atoms with Crippen LogP contribution in [0.2, 0.25) is 5.02 Å². The summed E-state index contributed by atoms with van der Waals surface area (Å²) in [5.41, 5.74) is 0. The standard InChI is InChI=1S/C7H3ClF4O/c8-3-1-4(9)6(5(10)2-3)13-7(11)12/h1-2,7H. The Balaban J connectivity index is 3.06. The highest BCUT2D eigenvalue weighted by molar-refractivity contribution is 6.30. The lowest BCUT2D eigenvalue weighted by atomic mass is 10.3. The molecule has 0 aliphatic carbocycles. The summed E-state index contributed by atoms with van der Waals surface area (Å²) in [5.74, 6) is -3.64. The first kappa shape index (κ1) is 10.1. The number of benzene rings is 1. The summed E-state index contributed by atoms with van der Waals surface area (Å²) in [6.45, 7) is -3.27. The molecule has 0 atom stereocenters. The first-order valence-corrected chi connectivity index (χ1v) is 3.48. The Morgan fingerprint density at radius 3 is 2.00 bits per heavy atom. The van der Waals surface area contributed by atoms with Crippen LogP contribution in [0.4, 0.5) is 17.6 Å². The van der Waals surface area contributed by atoms with E-state index in [2.05, 4.69) is 4.74 Å². The van der Waals surface area contributed by atoms with Gasteiger partial charge in [-0.05, 0) is 12.1 Å². The Hall–Kier alpha value is -0.970. The third-order valence-corrected chi connectivity index (χ3v) is 1.39. The highest BCUT2D eigenvalue weighted by Crippen LogP contribution is 2.26. The molecule has 6 heteroatoms. The molecule has 0 unspecified atom stereocenters. The van der Waals surface area contributed by atoms with Crippen molar-refractivity contribution in [3.05, 3.63) is 28.8 Å². The van der Waals surface area contributed by atoms with Crippen LogP contribution in [0.5, 0.6) is 5.75 Å². The highest BCUT2D eigenvalue weighted by atomic mass is 35.5. The molecule has 0 aliphatic heterocycles. The second kappa shape index (κ2) is 3.83. The monoisotopic (exact) mass is 214 g/mol. The summed E-state index contributed by atoms with van der Waals surface area (Å²) >= 11 is 5.24. The van der Waals surface area contributed by atoms with Gasteiger partial charge in [0.1, 0.15) is 0 Å². The largest absolute Gasteiger partial charge is 0.429 e. The van der Waals surface area contributed by atoms with Crippen molar-refractivity contribution < 1.29 is 22.3 Å². The molecule has 0 spiro atoms. The van der Waals surface area contributed by atoms with Gasteiger partial charge in [0.25, 0.3) is 0 Å². The van der Waals surface area contributed by atoms with Gasteiger partial charge in [-0.1, -0.05) is 11.6 Å².